The van der Waals surface area contributed by atoms with E-state index in [9.17, 15) is 4.79 Å². The maximum absolute atomic E-state index is 12.5. The van der Waals surface area contributed by atoms with Crippen LogP contribution in [0, 0.1) is 0 Å². The largest absolute Gasteiger partial charge is 0.497 e. The van der Waals surface area contributed by atoms with Gasteiger partial charge in [0.25, 0.3) is 0 Å². The van der Waals surface area contributed by atoms with Gasteiger partial charge in [0.05, 0.1) is 19.8 Å². The number of amides is 1. The summed E-state index contributed by atoms with van der Waals surface area (Å²) in [6.07, 6.45) is 3.38. The van der Waals surface area contributed by atoms with Crippen molar-refractivity contribution in [1.82, 2.24) is 4.90 Å². The number of benzene rings is 1. The van der Waals surface area contributed by atoms with Crippen LogP contribution in [0.2, 0.25) is 0 Å². The van der Waals surface area contributed by atoms with Gasteiger partial charge in [0.15, 0.2) is 0 Å². The van der Waals surface area contributed by atoms with Gasteiger partial charge in [-0.15, -0.1) is 11.3 Å². The molecule has 1 aromatic heterocycles. The molecular formula is C20H25NO3S. The lowest BCUT2D eigenvalue weighted by atomic mass is 10.1. The number of carbonyl (C=O) groups is 1. The van der Waals surface area contributed by atoms with Gasteiger partial charge in [0.2, 0.25) is 5.91 Å². The first kappa shape index (κ1) is 18.0. The Hall–Kier alpha value is -1.85. The van der Waals surface area contributed by atoms with Crippen LogP contribution in [-0.4, -0.2) is 43.7 Å². The molecular weight excluding hydrogens is 334 g/mol. The van der Waals surface area contributed by atoms with E-state index in [2.05, 4.69) is 23.6 Å². The molecule has 0 N–H and O–H groups in total. The van der Waals surface area contributed by atoms with Gasteiger partial charge >= 0.3 is 0 Å². The predicted molar refractivity (Wildman–Crippen MR) is 100 cm³/mol. The Morgan fingerprint density at radius 1 is 1.36 bits per heavy atom. The van der Waals surface area contributed by atoms with Gasteiger partial charge in [0, 0.05) is 30.8 Å². The molecule has 0 saturated carbocycles. The zero-order valence-electron chi connectivity index (χ0n) is 14.6. The van der Waals surface area contributed by atoms with E-state index in [-0.39, 0.29) is 12.0 Å². The second kappa shape index (κ2) is 9.02. The zero-order valence-corrected chi connectivity index (χ0v) is 15.5. The number of aryl methyl sites for hydroxylation is 1. The molecule has 1 saturated heterocycles. The number of methoxy groups -OCH3 is 1. The van der Waals surface area contributed by atoms with E-state index >= 15 is 0 Å². The molecule has 4 nitrogen and oxygen atoms in total. The van der Waals surface area contributed by atoms with Crippen molar-refractivity contribution in [2.75, 3.05) is 26.8 Å². The summed E-state index contributed by atoms with van der Waals surface area (Å²) in [7, 11) is 1.67. The third kappa shape index (κ3) is 5.31. The summed E-state index contributed by atoms with van der Waals surface area (Å²) >= 11 is 1.76. The highest BCUT2D eigenvalue weighted by Crippen LogP contribution is 2.18. The first-order valence-electron chi connectivity index (χ1n) is 8.79. The molecule has 25 heavy (non-hydrogen) atoms. The Morgan fingerprint density at radius 2 is 2.28 bits per heavy atom. The van der Waals surface area contributed by atoms with Crippen LogP contribution in [0.3, 0.4) is 0 Å². The summed E-state index contributed by atoms with van der Waals surface area (Å²) in [5.41, 5.74) is 1.18. The summed E-state index contributed by atoms with van der Waals surface area (Å²) < 4.78 is 11.1. The normalized spacial score (nSPS) is 17.5. The van der Waals surface area contributed by atoms with E-state index in [0.29, 0.717) is 26.1 Å². The number of carbonyl (C=O) groups excluding carboxylic acids is 1. The maximum Gasteiger partial charge on any atom is 0.222 e. The van der Waals surface area contributed by atoms with Crippen LogP contribution < -0.4 is 4.74 Å². The first-order chi connectivity index (χ1) is 12.2. The highest BCUT2D eigenvalue weighted by Gasteiger charge is 2.24. The molecule has 5 heteroatoms. The van der Waals surface area contributed by atoms with Crippen molar-refractivity contribution in [1.29, 1.82) is 0 Å². The number of rotatable bonds is 7. The maximum atomic E-state index is 12.5. The Bertz CT molecular complexity index is 671. The summed E-state index contributed by atoms with van der Waals surface area (Å²) in [6.45, 7) is 1.99. The van der Waals surface area contributed by atoms with Gasteiger partial charge < -0.3 is 14.4 Å². The molecule has 2 aromatic rings. The summed E-state index contributed by atoms with van der Waals surface area (Å²) in [5, 5.41) is 2.09. The molecule has 134 valence electrons. The second-order valence-corrected chi connectivity index (χ2v) is 7.35. The standard InChI is InChI=1S/C20H25NO3S/c1-23-17-6-2-5-16(13-17)14-18-15-21(10-11-24-18)20(22)9-3-7-19-8-4-12-25-19/h2,4-6,8,12-13,18H,3,7,9-11,14-15H2,1H3/t18-/m1/s1. The fraction of sp³-hybridized carbons (Fsp3) is 0.450. The number of hydrogen-bond donors (Lipinski definition) is 0. The molecule has 1 aromatic carbocycles. The predicted octanol–water partition coefficient (Wildman–Crippen LogP) is 3.55. The molecule has 1 amide bonds. The lowest BCUT2D eigenvalue weighted by molar-refractivity contribution is -0.138. The topological polar surface area (TPSA) is 38.8 Å². The average Bonchev–Trinajstić information content (AvgIpc) is 3.15. The number of morpholine rings is 1. The van der Waals surface area contributed by atoms with Crippen LogP contribution >= 0.6 is 11.3 Å². The van der Waals surface area contributed by atoms with Crippen molar-refractivity contribution in [2.45, 2.75) is 31.8 Å². The average molecular weight is 359 g/mol. The van der Waals surface area contributed by atoms with E-state index in [0.717, 1.165) is 25.0 Å². The van der Waals surface area contributed by atoms with E-state index in [1.807, 2.05) is 23.1 Å². The third-order valence-corrected chi connectivity index (χ3v) is 5.42. The fourth-order valence-corrected chi connectivity index (χ4v) is 3.91. The van der Waals surface area contributed by atoms with Crippen LogP contribution in [0.15, 0.2) is 41.8 Å². The highest BCUT2D eigenvalue weighted by molar-refractivity contribution is 7.09. The van der Waals surface area contributed by atoms with Crippen LogP contribution in [0.5, 0.6) is 5.75 Å². The summed E-state index contributed by atoms with van der Waals surface area (Å²) in [5.74, 6) is 1.10. The van der Waals surface area contributed by atoms with Gasteiger partial charge in [-0.1, -0.05) is 18.2 Å². The van der Waals surface area contributed by atoms with E-state index < -0.39 is 0 Å². The van der Waals surface area contributed by atoms with Crippen molar-refractivity contribution < 1.29 is 14.3 Å². The minimum atomic E-state index is 0.0575. The molecule has 2 heterocycles. The quantitative estimate of drug-likeness (QED) is 0.759. The number of hydrogen-bond acceptors (Lipinski definition) is 4. The first-order valence-corrected chi connectivity index (χ1v) is 9.67. The minimum Gasteiger partial charge on any atom is -0.497 e. The monoisotopic (exact) mass is 359 g/mol. The molecule has 1 fully saturated rings. The van der Waals surface area contributed by atoms with Gasteiger partial charge in [-0.25, -0.2) is 0 Å². The lowest BCUT2D eigenvalue weighted by Crippen LogP contribution is -2.46. The van der Waals surface area contributed by atoms with Gasteiger partial charge in [-0.2, -0.15) is 0 Å². The van der Waals surface area contributed by atoms with Crippen LogP contribution in [-0.2, 0) is 22.4 Å². The number of ether oxygens (including phenoxy) is 2. The Balaban J connectivity index is 1.47. The fourth-order valence-electron chi connectivity index (χ4n) is 3.16. The molecule has 1 aliphatic rings. The minimum absolute atomic E-state index is 0.0575. The third-order valence-electron chi connectivity index (χ3n) is 4.48. The summed E-state index contributed by atoms with van der Waals surface area (Å²) in [4.78, 5) is 15.8. The Labute approximate surface area is 153 Å². The summed E-state index contributed by atoms with van der Waals surface area (Å²) in [6, 6.07) is 12.2. The smallest absolute Gasteiger partial charge is 0.222 e. The Morgan fingerprint density at radius 3 is 3.08 bits per heavy atom. The zero-order chi connectivity index (χ0) is 17.5. The van der Waals surface area contributed by atoms with E-state index in [1.165, 1.54) is 10.4 Å². The van der Waals surface area contributed by atoms with E-state index in [1.54, 1.807) is 18.4 Å². The molecule has 1 atom stereocenters. The van der Waals surface area contributed by atoms with Gasteiger partial charge in [-0.3, -0.25) is 4.79 Å². The number of nitrogens with zero attached hydrogens (tertiary/aromatic N) is 1. The molecule has 3 rings (SSSR count). The van der Waals surface area contributed by atoms with E-state index in [4.69, 9.17) is 9.47 Å². The molecule has 1 aliphatic heterocycles. The molecule has 0 radical (unpaired) electrons. The van der Waals surface area contributed by atoms with Crippen molar-refractivity contribution in [3.05, 3.63) is 52.2 Å². The van der Waals surface area contributed by atoms with Crippen LogP contribution in [0.1, 0.15) is 23.3 Å². The van der Waals surface area contributed by atoms with Gasteiger partial charge in [0.1, 0.15) is 5.75 Å². The second-order valence-electron chi connectivity index (χ2n) is 6.32. The highest BCUT2D eigenvalue weighted by atomic mass is 32.1. The molecule has 0 unspecified atom stereocenters. The van der Waals surface area contributed by atoms with Crippen molar-refractivity contribution in [3.8, 4) is 5.75 Å². The van der Waals surface area contributed by atoms with Gasteiger partial charge in [-0.05, 0) is 42.0 Å². The van der Waals surface area contributed by atoms with Crippen LogP contribution in [0.4, 0.5) is 0 Å². The van der Waals surface area contributed by atoms with Crippen molar-refractivity contribution in [3.63, 3.8) is 0 Å². The molecule has 0 aliphatic carbocycles. The van der Waals surface area contributed by atoms with Crippen LogP contribution in [0.25, 0.3) is 0 Å². The van der Waals surface area contributed by atoms with Crippen molar-refractivity contribution in [2.24, 2.45) is 0 Å². The molecule has 0 bridgehead atoms. The van der Waals surface area contributed by atoms with Crippen molar-refractivity contribution >= 4 is 17.2 Å². The lowest BCUT2D eigenvalue weighted by Gasteiger charge is -2.33. The molecule has 0 spiro atoms. The number of thiophene rings is 1. The SMILES string of the molecule is COc1cccc(C[C@@H]2CN(C(=O)CCCc3cccs3)CCO2)c1. The Kier molecular flexibility index (Phi) is 6.48.